The largest absolute Gasteiger partial charge is 0.483 e. The van der Waals surface area contributed by atoms with Gasteiger partial charge in [0.15, 0.2) is 6.61 Å². The predicted octanol–water partition coefficient (Wildman–Crippen LogP) is 0.228. The summed E-state index contributed by atoms with van der Waals surface area (Å²) in [6.07, 6.45) is 1.95. The fourth-order valence-electron chi connectivity index (χ4n) is 3.60. The number of hydrogen-bond donors (Lipinski definition) is 3. The zero-order valence-corrected chi connectivity index (χ0v) is 17.2. The minimum absolute atomic E-state index is 0.0175. The third-order valence-corrected chi connectivity index (χ3v) is 5.18. The number of carboxylic acid groups (broad SMARTS) is 1. The monoisotopic (exact) mass is 445 g/mol. The highest BCUT2D eigenvalue weighted by Crippen LogP contribution is 2.33. The molecule has 3 N–H and O–H groups in total. The first-order chi connectivity index (χ1) is 15.3. The van der Waals surface area contributed by atoms with E-state index in [1.54, 1.807) is 0 Å². The Labute approximate surface area is 183 Å². The molecule has 0 aliphatic carbocycles. The number of carboxylic acids is 1. The molecule has 170 valence electrons. The second-order valence-corrected chi connectivity index (χ2v) is 7.47. The number of amides is 5. The van der Waals surface area contributed by atoms with Crippen molar-refractivity contribution >= 4 is 35.5 Å². The lowest BCUT2D eigenvalue weighted by Crippen LogP contribution is -2.54. The number of carbonyl (C=O) groups excluding carboxylic acids is 5. The molecule has 2 aliphatic rings. The molecule has 0 spiro atoms. The molecule has 3 rings (SSSR count). The number of unbranched alkanes of at least 4 members (excludes halogenated alkanes) is 2. The van der Waals surface area contributed by atoms with Crippen molar-refractivity contribution in [1.29, 1.82) is 0 Å². The van der Waals surface area contributed by atoms with Crippen LogP contribution in [0.25, 0.3) is 0 Å². The molecule has 0 radical (unpaired) electrons. The third-order valence-electron chi connectivity index (χ3n) is 5.18. The van der Waals surface area contributed by atoms with Crippen LogP contribution in [-0.2, 0) is 19.2 Å². The Morgan fingerprint density at radius 3 is 2.62 bits per heavy atom. The summed E-state index contributed by atoms with van der Waals surface area (Å²) in [6.45, 7) is -0.0269. The Kier molecular flexibility index (Phi) is 7.18. The zero-order valence-electron chi connectivity index (χ0n) is 17.2. The molecule has 0 saturated carbocycles. The Balaban J connectivity index is 1.58. The van der Waals surface area contributed by atoms with Gasteiger partial charge in [-0.05, 0) is 31.4 Å². The molecule has 1 atom stereocenters. The van der Waals surface area contributed by atoms with Crippen molar-refractivity contribution in [1.82, 2.24) is 15.5 Å². The number of hydrogen-bond acceptors (Lipinski definition) is 7. The van der Waals surface area contributed by atoms with Crippen molar-refractivity contribution in [2.45, 2.75) is 44.6 Å². The molecule has 2 heterocycles. The number of nitrogens with one attached hydrogen (secondary N) is 2. The SMILES string of the molecule is O=C(O)CCCCCNC(=O)COc1cccc2c1C(=O)N(C1CCC(=O)NC1=O)C2=O. The molecule has 1 fully saturated rings. The predicted molar refractivity (Wildman–Crippen MR) is 108 cm³/mol. The van der Waals surface area contributed by atoms with Gasteiger partial charge in [-0.3, -0.25) is 39.0 Å². The minimum Gasteiger partial charge on any atom is -0.483 e. The molecule has 1 saturated heterocycles. The van der Waals surface area contributed by atoms with Crippen molar-refractivity contribution in [3.8, 4) is 5.75 Å². The Bertz CT molecular complexity index is 974. The Morgan fingerprint density at radius 2 is 1.91 bits per heavy atom. The number of aliphatic carboxylic acids is 1. The van der Waals surface area contributed by atoms with Crippen LogP contribution in [0.2, 0.25) is 0 Å². The normalized spacial score (nSPS) is 17.8. The van der Waals surface area contributed by atoms with E-state index in [-0.39, 0.29) is 42.7 Å². The summed E-state index contributed by atoms with van der Waals surface area (Å²) in [4.78, 5) is 72.5. The molecule has 11 nitrogen and oxygen atoms in total. The minimum atomic E-state index is -1.09. The number of nitrogens with zero attached hydrogens (tertiary/aromatic N) is 1. The lowest BCUT2D eigenvalue weighted by Gasteiger charge is -2.27. The van der Waals surface area contributed by atoms with Gasteiger partial charge in [-0.25, -0.2) is 0 Å². The van der Waals surface area contributed by atoms with E-state index in [4.69, 9.17) is 9.84 Å². The van der Waals surface area contributed by atoms with E-state index in [9.17, 15) is 28.8 Å². The highest BCUT2D eigenvalue weighted by atomic mass is 16.5. The van der Waals surface area contributed by atoms with E-state index in [0.29, 0.717) is 25.8 Å². The maximum absolute atomic E-state index is 12.9. The second-order valence-electron chi connectivity index (χ2n) is 7.47. The third kappa shape index (κ3) is 5.10. The van der Waals surface area contributed by atoms with Crippen LogP contribution in [0.3, 0.4) is 0 Å². The molecule has 0 bridgehead atoms. The van der Waals surface area contributed by atoms with Crippen LogP contribution in [0.15, 0.2) is 18.2 Å². The van der Waals surface area contributed by atoms with Gasteiger partial charge in [-0.1, -0.05) is 12.5 Å². The topological polar surface area (TPSA) is 159 Å². The Morgan fingerprint density at radius 1 is 1.12 bits per heavy atom. The maximum atomic E-state index is 12.9. The smallest absolute Gasteiger partial charge is 0.303 e. The zero-order chi connectivity index (χ0) is 23.3. The second kappa shape index (κ2) is 10.0. The van der Waals surface area contributed by atoms with Gasteiger partial charge in [-0.15, -0.1) is 0 Å². The summed E-state index contributed by atoms with van der Waals surface area (Å²) in [6, 6.07) is 3.31. The molecular formula is C21H23N3O8. The van der Waals surface area contributed by atoms with Gasteiger partial charge >= 0.3 is 5.97 Å². The summed E-state index contributed by atoms with van der Waals surface area (Å²) >= 11 is 0. The Hall–Kier alpha value is -3.76. The van der Waals surface area contributed by atoms with Crippen LogP contribution >= 0.6 is 0 Å². The van der Waals surface area contributed by atoms with Crippen LogP contribution in [0.1, 0.15) is 59.2 Å². The van der Waals surface area contributed by atoms with Crippen LogP contribution < -0.4 is 15.4 Å². The molecule has 0 aromatic heterocycles. The van der Waals surface area contributed by atoms with E-state index >= 15 is 0 Å². The molecule has 5 amide bonds. The van der Waals surface area contributed by atoms with Gasteiger partial charge in [0.25, 0.3) is 17.7 Å². The number of rotatable bonds is 10. The van der Waals surface area contributed by atoms with Crippen LogP contribution in [-0.4, -0.2) is 64.7 Å². The number of piperidine rings is 1. The maximum Gasteiger partial charge on any atom is 0.303 e. The molecule has 32 heavy (non-hydrogen) atoms. The molecule has 1 aromatic rings. The summed E-state index contributed by atoms with van der Waals surface area (Å²) in [5.74, 6) is -3.78. The number of carbonyl (C=O) groups is 6. The number of fused-ring (bicyclic) bond motifs is 1. The van der Waals surface area contributed by atoms with E-state index in [1.165, 1.54) is 18.2 Å². The summed E-state index contributed by atoms with van der Waals surface area (Å²) in [5, 5.41) is 13.4. The number of benzene rings is 1. The quantitative estimate of drug-likeness (QED) is 0.341. The fraction of sp³-hybridized carbons (Fsp3) is 0.429. The molecule has 1 unspecified atom stereocenters. The fourth-order valence-corrected chi connectivity index (χ4v) is 3.60. The number of imide groups is 2. The molecular weight excluding hydrogens is 422 g/mol. The van der Waals surface area contributed by atoms with E-state index in [0.717, 1.165) is 4.90 Å². The van der Waals surface area contributed by atoms with Gasteiger partial charge in [0.05, 0.1) is 11.1 Å². The first-order valence-electron chi connectivity index (χ1n) is 10.3. The van der Waals surface area contributed by atoms with Gasteiger partial charge < -0.3 is 15.2 Å². The average molecular weight is 445 g/mol. The van der Waals surface area contributed by atoms with Gasteiger partial charge in [0, 0.05) is 19.4 Å². The first-order valence-corrected chi connectivity index (χ1v) is 10.3. The van der Waals surface area contributed by atoms with Gasteiger partial charge in [-0.2, -0.15) is 0 Å². The van der Waals surface area contributed by atoms with Crippen molar-refractivity contribution in [2.24, 2.45) is 0 Å². The first kappa shape index (κ1) is 22.9. The molecule has 11 heteroatoms. The van der Waals surface area contributed by atoms with Crippen molar-refractivity contribution in [3.63, 3.8) is 0 Å². The standard InChI is InChI=1S/C21H23N3O8/c25-15-9-8-13(19(29)23-15)24-20(30)12-5-4-6-14(18(12)21(24)31)32-11-16(26)22-10-3-1-2-7-17(27)28/h4-6,13H,1-3,7-11H2,(H,22,26)(H,27,28)(H,23,25,29). The van der Waals surface area contributed by atoms with Crippen molar-refractivity contribution in [2.75, 3.05) is 13.2 Å². The van der Waals surface area contributed by atoms with Crippen LogP contribution in [0.5, 0.6) is 5.75 Å². The van der Waals surface area contributed by atoms with Crippen LogP contribution in [0, 0.1) is 0 Å². The molecule has 2 aliphatic heterocycles. The summed E-state index contributed by atoms with van der Waals surface area (Å²) in [5.41, 5.74) is 0.0414. The summed E-state index contributed by atoms with van der Waals surface area (Å²) < 4.78 is 5.47. The van der Waals surface area contributed by atoms with Crippen molar-refractivity contribution < 1.29 is 38.6 Å². The lowest BCUT2D eigenvalue weighted by atomic mass is 10.0. The highest BCUT2D eigenvalue weighted by Gasteiger charge is 2.46. The average Bonchev–Trinajstić information content (AvgIpc) is 3.00. The highest BCUT2D eigenvalue weighted by molar-refractivity contribution is 6.24. The van der Waals surface area contributed by atoms with E-state index in [2.05, 4.69) is 10.6 Å². The van der Waals surface area contributed by atoms with Gasteiger partial charge in [0.2, 0.25) is 11.8 Å². The molecule has 1 aromatic carbocycles. The summed E-state index contributed by atoms with van der Waals surface area (Å²) in [7, 11) is 0. The lowest BCUT2D eigenvalue weighted by molar-refractivity contribution is -0.138. The van der Waals surface area contributed by atoms with E-state index in [1.807, 2.05) is 0 Å². The number of ether oxygens (including phenoxy) is 1. The van der Waals surface area contributed by atoms with E-state index < -0.39 is 41.5 Å². The van der Waals surface area contributed by atoms with Crippen LogP contribution in [0.4, 0.5) is 0 Å². The van der Waals surface area contributed by atoms with Gasteiger partial charge in [0.1, 0.15) is 11.8 Å². The van der Waals surface area contributed by atoms with Crippen molar-refractivity contribution in [3.05, 3.63) is 29.3 Å².